The van der Waals surface area contributed by atoms with Crippen molar-refractivity contribution in [2.75, 3.05) is 0 Å². The second-order valence-corrected chi connectivity index (χ2v) is 3.20. The highest BCUT2D eigenvalue weighted by Gasteiger charge is 2.06. The van der Waals surface area contributed by atoms with E-state index in [2.05, 4.69) is 9.97 Å². The van der Waals surface area contributed by atoms with E-state index in [1.54, 1.807) is 30.6 Å². The van der Waals surface area contributed by atoms with E-state index in [0.717, 1.165) is 5.56 Å². The summed E-state index contributed by atoms with van der Waals surface area (Å²) in [6, 6.07) is 8.38. The van der Waals surface area contributed by atoms with Gasteiger partial charge in [0.15, 0.2) is 0 Å². The van der Waals surface area contributed by atoms with E-state index in [4.69, 9.17) is 5.26 Å². The van der Waals surface area contributed by atoms with Gasteiger partial charge in [0.25, 0.3) is 0 Å². The van der Waals surface area contributed by atoms with Gasteiger partial charge in [0.05, 0.1) is 23.9 Å². The molecule has 0 amide bonds. The van der Waals surface area contributed by atoms with Crippen LogP contribution in [0.2, 0.25) is 0 Å². The minimum Gasteiger partial charge on any atom is -0.265 e. The van der Waals surface area contributed by atoms with Crippen LogP contribution in [0.5, 0.6) is 0 Å². The third kappa shape index (κ3) is 2.04. The summed E-state index contributed by atoms with van der Waals surface area (Å²) in [7, 11) is 0. The smallest absolute Gasteiger partial charge is 0.145 e. The Morgan fingerprint density at radius 1 is 1.19 bits per heavy atom. The molecule has 0 bridgehead atoms. The van der Waals surface area contributed by atoms with Crippen LogP contribution >= 0.6 is 0 Å². The molecule has 0 radical (unpaired) electrons. The molecular formula is C12H8FN3. The molecule has 0 unspecified atom stereocenters. The van der Waals surface area contributed by atoms with Gasteiger partial charge in [-0.2, -0.15) is 5.26 Å². The average molecular weight is 213 g/mol. The van der Waals surface area contributed by atoms with Crippen LogP contribution in [-0.4, -0.2) is 9.97 Å². The van der Waals surface area contributed by atoms with Crippen molar-refractivity contribution in [2.24, 2.45) is 0 Å². The fraction of sp³-hybridized carbons (Fsp3) is 0.0833. The molecule has 2 heterocycles. The van der Waals surface area contributed by atoms with Crippen molar-refractivity contribution in [1.82, 2.24) is 9.97 Å². The summed E-state index contributed by atoms with van der Waals surface area (Å²) in [6.45, 7) is 0. The molecule has 16 heavy (non-hydrogen) atoms. The number of halogens is 1. The highest BCUT2D eigenvalue weighted by Crippen LogP contribution is 2.17. The van der Waals surface area contributed by atoms with Crippen molar-refractivity contribution in [3.63, 3.8) is 0 Å². The Morgan fingerprint density at radius 2 is 1.94 bits per heavy atom. The molecule has 0 saturated carbocycles. The van der Waals surface area contributed by atoms with Crippen LogP contribution in [0.25, 0.3) is 11.3 Å². The summed E-state index contributed by atoms with van der Waals surface area (Å²) in [5.41, 5.74) is 1.68. The van der Waals surface area contributed by atoms with Gasteiger partial charge >= 0.3 is 0 Å². The first-order valence-electron chi connectivity index (χ1n) is 4.74. The average Bonchev–Trinajstić information content (AvgIpc) is 2.33. The molecule has 2 rings (SSSR count). The number of hydrogen-bond donors (Lipinski definition) is 0. The monoisotopic (exact) mass is 213 g/mol. The number of pyridine rings is 2. The van der Waals surface area contributed by atoms with Crippen molar-refractivity contribution in [3.05, 3.63) is 48.2 Å². The highest BCUT2D eigenvalue weighted by atomic mass is 19.1. The zero-order valence-electron chi connectivity index (χ0n) is 8.39. The van der Waals surface area contributed by atoms with Gasteiger partial charge in [0.1, 0.15) is 5.82 Å². The minimum atomic E-state index is -0.445. The normalized spacial score (nSPS) is 9.75. The summed E-state index contributed by atoms with van der Waals surface area (Å²) < 4.78 is 13.2. The Labute approximate surface area is 92.2 Å². The summed E-state index contributed by atoms with van der Waals surface area (Å²) in [5.74, 6) is -0.445. The number of aromatic nitrogens is 2. The molecule has 78 valence electrons. The topological polar surface area (TPSA) is 49.6 Å². The molecule has 0 aromatic carbocycles. The van der Waals surface area contributed by atoms with Gasteiger partial charge in [-0.1, -0.05) is 0 Å². The van der Waals surface area contributed by atoms with E-state index in [0.29, 0.717) is 5.69 Å². The second kappa shape index (κ2) is 4.49. The first kappa shape index (κ1) is 10.2. The van der Waals surface area contributed by atoms with Crippen LogP contribution in [0.15, 0.2) is 36.7 Å². The lowest BCUT2D eigenvalue weighted by molar-refractivity contribution is 0.606. The van der Waals surface area contributed by atoms with Gasteiger partial charge in [-0.25, -0.2) is 9.37 Å². The van der Waals surface area contributed by atoms with Crippen LogP contribution in [0, 0.1) is 17.1 Å². The van der Waals surface area contributed by atoms with Gasteiger partial charge in [-0.05, 0) is 24.3 Å². The molecule has 0 aliphatic carbocycles. The summed E-state index contributed by atoms with van der Waals surface area (Å²) in [4.78, 5) is 8.00. The van der Waals surface area contributed by atoms with Gasteiger partial charge in [-0.15, -0.1) is 0 Å². The Hall–Kier alpha value is -2.28. The Balaban J connectivity index is 2.45. The van der Waals surface area contributed by atoms with Crippen LogP contribution in [0.3, 0.4) is 0 Å². The zero-order valence-corrected chi connectivity index (χ0v) is 8.39. The molecule has 3 nitrogen and oxygen atoms in total. The van der Waals surface area contributed by atoms with Crippen molar-refractivity contribution < 1.29 is 4.39 Å². The molecule has 0 spiro atoms. The first-order valence-corrected chi connectivity index (χ1v) is 4.74. The number of hydrogen-bond acceptors (Lipinski definition) is 3. The zero-order chi connectivity index (χ0) is 11.4. The molecule has 4 heteroatoms. The van der Waals surface area contributed by atoms with Gasteiger partial charge in [0, 0.05) is 18.0 Å². The first-order chi connectivity index (χ1) is 7.81. The van der Waals surface area contributed by atoms with Crippen LogP contribution in [0.1, 0.15) is 5.69 Å². The fourth-order valence-electron chi connectivity index (χ4n) is 1.37. The Morgan fingerprint density at radius 3 is 2.62 bits per heavy atom. The number of nitrogens with zero attached hydrogens (tertiary/aromatic N) is 3. The molecule has 0 aliphatic rings. The Bertz CT molecular complexity index is 532. The predicted molar refractivity (Wildman–Crippen MR) is 56.7 cm³/mol. The molecule has 2 aromatic rings. The van der Waals surface area contributed by atoms with Crippen molar-refractivity contribution in [3.8, 4) is 17.3 Å². The van der Waals surface area contributed by atoms with Gasteiger partial charge in [0.2, 0.25) is 0 Å². The quantitative estimate of drug-likeness (QED) is 0.769. The standard InChI is InChI=1S/C12H8FN3/c13-10-1-2-11(16-12(10)3-6-14)9-4-7-15-8-5-9/h1-2,4-5,7-8H,3H2. The van der Waals surface area contributed by atoms with Crippen LogP contribution in [-0.2, 0) is 6.42 Å². The van der Waals surface area contributed by atoms with Crippen molar-refractivity contribution >= 4 is 0 Å². The lowest BCUT2D eigenvalue weighted by atomic mass is 10.1. The molecule has 0 atom stereocenters. The van der Waals surface area contributed by atoms with Gasteiger partial charge < -0.3 is 0 Å². The lowest BCUT2D eigenvalue weighted by Gasteiger charge is -2.03. The summed E-state index contributed by atoms with van der Waals surface area (Å²) in [5, 5.41) is 8.54. The Kier molecular flexibility index (Phi) is 2.88. The van der Waals surface area contributed by atoms with E-state index in [9.17, 15) is 4.39 Å². The third-order valence-electron chi connectivity index (χ3n) is 2.14. The number of nitriles is 1. The van der Waals surface area contributed by atoms with E-state index >= 15 is 0 Å². The fourth-order valence-corrected chi connectivity index (χ4v) is 1.37. The molecule has 0 aliphatic heterocycles. The molecule has 2 aromatic heterocycles. The maximum Gasteiger partial charge on any atom is 0.145 e. The predicted octanol–water partition coefficient (Wildman–Crippen LogP) is 2.35. The third-order valence-corrected chi connectivity index (χ3v) is 2.14. The van der Waals surface area contributed by atoms with Crippen molar-refractivity contribution in [1.29, 1.82) is 5.26 Å². The second-order valence-electron chi connectivity index (χ2n) is 3.20. The van der Waals surface area contributed by atoms with E-state index in [1.165, 1.54) is 6.07 Å². The highest BCUT2D eigenvalue weighted by molar-refractivity contribution is 5.58. The minimum absolute atomic E-state index is 0.0231. The maximum atomic E-state index is 13.2. The van der Waals surface area contributed by atoms with Crippen molar-refractivity contribution in [2.45, 2.75) is 6.42 Å². The summed E-state index contributed by atoms with van der Waals surface area (Å²) in [6.07, 6.45) is 3.26. The SMILES string of the molecule is N#CCc1nc(-c2ccncc2)ccc1F. The molecular weight excluding hydrogens is 205 g/mol. The lowest BCUT2D eigenvalue weighted by Crippen LogP contribution is -1.95. The van der Waals surface area contributed by atoms with Crippen LogP contribution < -0.4 is 0 Å². The summed E-state index contributed by atoms with van der Waals surface area (Å²) >= 11 is 0. The largest absolute Gasteiger partial charge is 0.265 e. The maximum absolute atomic E-state index is 13.2. The van der Waals surface area contributed by atoms with E-state index < -0.39 is 5.82 Å². The van der Waals surface area contributed by atoms with Crippen LogP contribution in [0.4, 0.5) is 4.39 Å². The van der Waals surface area contributed by atoms with E-state index in [1.807, 2.05) is 6.07 Å². The van der Waals surface area contributed by atoms with Gasteiger partial charge in [-0.3, -0.25) is 4.98 Å². The van der Waals surface area contributed by atoms with E-state index in [-0.39, 0.29) is 12.1 Å². The molecule has 0 N–H and O–H groups in total. The molecule has 0 saturated heterocycles. The number of rotatable bonds is 2. The molecule has 0 fully saturated rings.